The van der Waals surface area contributed by atoms with Crippen LogP contribution in [0.2, 0.25) is 0 Å². The number of rotatable bonds is 7. The summed E-state index contributed by atoms with van der Waals surface area (Å²) >= 11 is 0. The van der Waals surface area contributed by atoms with E-state index in [1.54, 1.807) is 12.1 Å². The molecule has 1 aliphatic heterocycles. The number of aromatic nitrogens is 1. The van der Waals surface area contributed by atoms with Crippen LogP contribution in [0.15, 0.2) is 79.0 Å². The summed E-state index contributed by atoms with van der Waals surface area (Å²) in [5.74, 6) is -1.96. The highest BCUT2D eigenvalue weighted by atomic mass is 19.4. The highest BCUT2D eigenvalue weighted by Gasteiger charge is 2.39. The SMILES string of the molecule is O=C(Nc1ccc(CN2CCC(CCc3ccccc3)(c3ccccn3)CC2)cc1)C(F)(F)F. The van der Waals surface area contributed by atoms with Gasteiger partial charge in [0.1, 0.15) is 0 Å². The second kappa shape index (κ2) is 10.4. The molecule has 1 N–H and O–H groups in total. The third kappa shape index (κ3) is 6.03. The highest BCUT2D eigenvalue weighted by Crippen LogP contribution is 2.39. The number of halogens is 3. The van der Waals surface area contributed by atoms with Crippen LogP contribution < -0.4 is 5.32 Å². The fraction of sp³-hybridized carbons (Fsp3) is 0.333. The molecule has 178 valence electrons. The normalized spacial score (nSPS) is 16.2. The second-order valence-corrected chi connectivity index (χ2v) is 8.91. The van der Waals surface area contributed by atoms with Crippen LogP contribution in [0.5, 0.6) is 0 Å². The van der Waals surface area contributed by atoms with Crippen LogP contribution in [0.3, 0.4) is 0 Å². The predicted molar refractivity (Wildman–Crippen MR) is 126 cm³/mol. The van der Waals surface area contributed by atoms with Crippen LogP contribution >= 0.6 is 0 Å². The van der Waals surface area contributed by atoms with Gasteiger partial charge in [-0.3, -0.25) is 14.7 Å². The Labute approximate surface area is 197 Å². The van der Waals surface area contributed by atoms with Gasteiger partial charge in [0.2, 0.25) is 0 Å². The van der Waals surface area contributed by atoms with Crippen molar-refractivity contribution in [2.75, 3.05) is 18.4 Å². The molecule has 1 saturated heterocycles. The number of carbonyl (C=O) groups excluding carboxylic acids is 1. The molecule has 4 nitrogen and oxygen atoms in total. The Bertz CT molecular complexity index is 1060. The number of benzene rings is 2. The van der Waals surface area contributed by atoms with Crippen molar-refractivity contribution in [3.05, 3.63) is 95.8 Å². The van der Waals surface area contributed by atoms with Gasteiger partial charge in [-0.2, -0.15) is 13.2 Å². The van der Waals surface area contributed by atoms with E-state index in [0.717, 1.165) is 50.0 Å². The number of carbonyl (C=O) groups is 1. The molecule has 0 spiro atoms. The number of pyridine rings is 1. The van der Waals surface area contributed by atoms with Crippen molar-refractivity contribution in [3.63, 3.8) is 0 Å². The Morgan fingerprint density at radius 2 is 1.59 bits per heavy atom. The van der Waals surface area contributed by atoms with Crippen molar-refractivity contribution >= 4 is 11.6 Å². The van der Waals surface area contributed by atoms with Gasteiger partial charge >= 0.3 is 12.1 Å². The topological polar surface area (TPSA) is 45.2 Å². The summed E-state index contributed by atoms with van der Waals surface area (Å²) in [7, 11) is 0. The van der Waals surface area contributed by atoms with Gasteiger partial charge in [0.15, 0.2) is 0 Å². The van der Waals surface area contributed by atoms with Crippen molar-refractivity contribution in [1.29, 1.82) is 0 Å². The van der Waals surface area contributed by atoms with Crippen LogP contribution in [0.1, 0.15) is 36.1 Å². The third-order valence-electron chi connectivity index (χ3n) is 6.63. The third-order valence-corrected chi connectivity index (χ3v) is 6.63. The fourth-order valence-corrected chi connectivity index (χ4v) is 4.63. The lowest BCUT2D eigenvalue weighted by Gasteiger charge is -2.42. The molecule has 0 unspecified atom stereocenters. The van der Waals surface area contributed by atoms with Gasteiger partial charge in [-0.15, -0.1) is 0 Å². The number of amides is 1. The molecule has 4 rings (SSSR count). The smallest absolute Gasteiger partial charge is 0.318 e. The van der Waals surface area contributed by atoms with Crippen molar-refractivity contribution in [3.8, 4) is 0 Å². The van der Waals surface area contributed by atoms with Gasteiger partial charge < -0.3 is 5.32 Å². The van der Waals surface area contributed by atoms with Crippen LogP contribution in [0.25, 0.3) is 0 Å². The fourth-order valence-electron chi connectivity index (χ4n) is 4.63. The molecular formula is C27H28F3N3O. The minimum absolute atomic E-state index is 0.0271. The van der Waals surface area contributed by atoms with E-state index in [-0.39, 0.29) is 11.1 Å². The molecular weight excluding hydrogens is 439 g/mol. The lowest BCUT2D eigenvalue weighted by Crippen LogP contribution is -2.43. The van der Waals surface area contributed by atoms with E-state index in [9.17, 15) is 18.0 Å². The average molecular weight is 468 g/mol. The molecule has 0 bridgehead atoms. The number of hydrogen-bond acceptors (Lipinski definition) is 3. The lowest BCUT2D eigenvalue weighted by molar-refractivity contribution is -0.167. The van der Waals surface area contributed by atoms with Crippen LogP contribution in [0.4, 0.5) is 18.9 Å². The number of likely N-dealkylation sites (tertiary alicyclic amines) is 1. The molecule has 2 aromatic carbocycles. The number of aryl methyl sites for hydroxylation is 1. The minimum Gasteiger partial charge on any atom is -0.318 e. The summed E-state index contributed by atoms with van der Waals surface area (Å²) in [6, 6.07) is 23.2. The molecule has 1 aromatic heterocycles. The quantitative estimate of drug-likeness (QED) is 0.481. The summed E-state index contributed by atoms with van der Waals surface area (Å²) in [6.07, 6.45) is 1.00. The van der Waals surface area contributed by atoms with Crippen molar-refractivity contribution in [2.45, 2.75) is 43.8 Å². The zero-order valence-electron chi connectivity index (χ0n) is 18.9. The molecule has 1 aliphatic rings. The van der Waals surface area contributed by atoms with Crippen LogP contribution in [0, 0.1) is 0 Å². The Kier molecular flexibility index (Phi) is 7.32. The van der Waals surface area contributed by atoms with Crippen LogP contribution in [-0.4, -0.2) is 35.1 Å². The molecule has 34 heavy (non-hydrogen) atoms. The largest absolute Gasteiger partial charge is 0.471 e. The van der Waals surface area contributed by atoms with Crippen molar-refractivity contribution in [1.82, 2.24) is 9.88 Å². The molecule has 0 aliphatic carbocycles. The number of alkyl halides is 3. The number of piperidine rings is 1. The standard InChI is InChI=1S/C27H28F3N3O/c28-27(29,30)25(34)32-23-11-9-22(10-12-23)20-33-18-15-26(16-19-33,24-8-4-5-17-31-24)14-13-21-6-2-1-3-7-21/h1-12,17H,13-16,18-20H2,(H,32,34). The van der Waals surface area contributed by atoms with Crippen molar-refractivity contribution in [2.24, 2.45) is 0 Å². The number of anilines is 1. The molecule has 0 radical (unpaired) electrons. The van der Waals surface area contributed by atoms with E-state index in [1.807, 2.05) is 23.6 Å². The van der Waals surface area contributed by atoms with E-state index < -0.39 is 12.1 Å². The number of nitrogens with zero attached hydrogens (tertiary/aromatic N) is 2. The van der Waals surface area contributed by atoms with Gasteiger partial charge in [-0.1, -0.05) is 48.5 Å². The Morgan fingerprint density at radius 1 is 0.912 bits per heavy atom. The number of nitrogens with one attached hydrogen (secondary N) is 1. The first kappa shape index (κ1) is 24.0. The lowest BCUT2D eigenvalue weighted by atomic mass is 9.71. The minimum atomic E-state index is -4.90. The summed E-state index contributed by atoms with van der Waals surface area (Å²) < 4.78 is 37.3. The van der Waals surface area contributed by atoms with Gasteiger partial charge in [0.25, 0.3) is 0 Å². The average Bonchev–Trinajstić information content (AvgIpc) is 2.85. The maximum Gasteiger partial charge on any atom is 0.471 e. The van der Waals surface area contributed by atoms with E-state index >= 15 is 0 Å². The summed E-state index contributed by atoms with van der Waals surface area (Å²) in [5.41, 5.74) is 3.65. The molecule has 1 fully saturated rings. The molecule has 0 saturated carbocycles. The first-order chi connectivity index (χ1) is 16.3. The van der Waals surface area contributed by atoms with Gasteiger partial charge in [0, 0.05) is 29.5 Å². The second-order valence-electron chi connectivity index (χ2n) is 8.91. The zero-order chi connectivity index (χ0) is 24.0. The first-order valence-electron chi connectivity index (χ1n) is 11.5. The molecule has 3 aromatic rings. The first-order valence-corrected chi connectivity index (χ1v) is 11.5. The summed E-state index contributed by atoms with van der Waals surface area (Å²) in [4.78, 5) is 18.2. The number of hydrogen-bond donors (Lipinski definition) is 1. The molecule has 7 heteroatoms. The van der Waals surface area contributed by atoms with Gasteiger partial charge in [0.05, 0.1) is 0 Å². The predicted octanol–water partition coefficient (Wildman–Crippen LogP) is 5.75. The van der Waals surface area contributed by atoms with Crippen molar-refractivity contribution < 1.29 is 18.0 Å². The Hall–Kier alpha value is -3.19. The molecule has 1 amide bonds. The maximum atomic E-state index is 12.4. The monoisotopic (exact) mass is 467 g/mol. The van der Waals surface area contributed by atoms with E-state index in [2.05, 4.69) is 41.3 Å². The van der Waals surface area contributed by atoms with E-state index in [1.165, 1.54) is 17.7 Å². The Balaban J connectivity index is 1.38. The van der Waals surface area contributed by atoms with Gasteiger partial charge in [-0.05, 0) is 74.2 Å². The van der Waals surface area contributed by atoms with Gasteiger partial charge in [-0.25, -0.2) is 0 Å². The summed E-state index contributed by atoms with van der Waals surface area (Å²) in [6.45, 7) is 2.54. The zero-order valence-corrected chi connectivity index (χ0v) is 18.9. The molecule has 2 heterocycles. The highest BCUT2D eigenvalue weighted by molar-refractivity contribution is 5.94. The van der Waals surface area contributed by atoms with E-state index in [4.69, 9.17) is 4.98 Å². The van der Waals surface area contributed by atoms with E-state index in [0.29, 0.717) is 6.54 Å². The Morgan fingerprint density at radius 3 is 2.21 bits per heavy atom. The summed E-state index contributed by atoms with van der Waals surface area (Å²) in [5, 5.41) is 1.88. The maximum absolute atomic E-state index is 12.4. The van der Waals surface area contributed by atoms with Crippen LogP contribution in [-0.2, 0) is 23.2 Å². The molecule has 0 atom stereocenters.